The van der Waals surface area contributed by atoms with Gasteiger partial charge in [-0.25, -0.2) is 9.97 Å². The van der Waals surface area contributed by atoms with Gasteiger partial charge < -0.3 is 10.2 Å². The molecule has 1 amide bonds. The van der Waals surface area contributed by atoms with E-state index < -0.39 is 0 Å². The van der Waals surface area contributed by atoms with E-state index in [1.807, 2.05) is 25.7 Å². The summed E-state index contributed by atoms with van der Waals surface area (Å²) >= 11 is 0. The van der Waals surface area contributed by atoms with E-state index in [2.05, 4.69) is 15.3 Å². The van der Waals surface area contributed by atoms with Gasteiger partial charge in [-0.2, -0.15) is 0 Å². The second kappa shape index (κ2) is 5.33. The third-order valence-electron chi connectivity index (χ3n) is 2.89. The van der Waals surface area contributed by atoms with Crippen molar-refractivity contribution in [3.05, 3.63) is 17.6 Å². The molecule has 18 heavy (non-hydrogen) atoms. The van der Waals surface area contributed by atoms with Crippen molar-refractivity contribution in [3.63, 3.8) is 0 Å². The standard InChI is InChI=1S/C13H20N4O/c1-9(2)14-12-8-11(15-10(3)16-12)13(18)17-6-4-5-7-17/h8-9H,4-7H2,1-3H3,(H,14,15,16). The topological polar surface area (TPSA) is 58.1 Å². The third kappa shape index (κ3) is 2.97. The van der Waals surface area contributed by atoms with E-state index >= 15 is 0 Å². The van der Waals surface area contributed by atoms with Gasteiger partial charge in [-0.3, -0.25) is 4.79 Å². The molecular weight excluding hydrogens is 228 g/mol. The minimum Gasteiger partial charge on any atom is -0.368 e. The molecule has 0 atom stereocenters. The number of nitrogens with one attached hydrogen (secondary N) is 1. The third-order valence-corrected chi connectivity index (χ3v) is 2.89. The van der Waals surface area contributed by atoms with Crippen molar-refractivity contribution in [2.75, 3.05) is 18.4 Å². The van der Waals surface area contributed by atoms with Crippen molar-refractivity contribution in [3.8, 4) is 0 Å². The first-order valence-corrected chi connectivity index (χ1v) is 6.48. The molecule has 0 unspecified atom stereocenters. The van der Waals surface area contributed by atoms with Gasteiger partial charge in [-0.05, 0) is 33.6 Å². The normalized spacial score (nSPS) is 15.2. The van der Waals surface area contributed by atoms with Gasteiger partial charge in [-0.1, -0.05) is 0 Å². The summed E-state index contributed by atoms with van der Waals surface area (Å²) in [5, 5.41) is 3.21. The zero-order valence-electron chi connectivity index (χ0n) is 11.2. The second-order valence-corrected chi connectivity index (χ2v) is 4.98. The van der Waals surface area contributed by atoms with Crippen LogP contribution >= 0.6 is 0 Å². The number of likely N-dealkylation sites (tertiary alicyclic amines) is 1. The number of carbonyl (C=O) groups is 1. The highest BCUT2D eigenvalue weighted by molar-refractivity contribution is 5.93. The SMILES string of the molecule is Cc1nc(NC(C)C)cc(C(=O)N2CCCC2)n1. The molecule has 0 aliphatic carbocycles. The van der Waals surface area contributed by atoms with Crippen LogP contribution in [-0.4, -0.2) is 39.9 Å². The summed E-state index contributed by atoms with van der Waals surface area (Å²) in [5.41, 5.74) is 0.493. The van der Waals surface area contributed by atoms with Crippen molar-refractivity contribution in [1.29, 1.82) is 0 Å². The molecule has 1 aromatic heterocycles. The molecule has 5 nitrogen and oxygen atoms in total. The lowest BCUT2D eigenvalue weighted by Gasteiger charge is -2.16. The molecule has 0 saturated carbocycles. The van der Waals surface area contributed by atoms with E-state index in [0.29, 0.717) is 11.5 Å². The van der Waals surface area contributed by atoms with Gasteiger partial charge in [0.15, 0.2) is 0 Å². The van der Waals surface area contributed by atoms with Crippen LogP contribution in [0.3, 0.4) is 0 Å². The Morgan fingerprint density at radius 2 is 2.00 bits per heavy atom. The molecule has 0 spiro atoms. The summed E-state index contributed by atoms with van der Waals surface area (Å²) in [5.74, 6) is 1.37. The maximum absolute atomic E-state index is 12.2. The number of nitrogens with zero attached hydrogens (tertiary/aromatic N) is 3. The van der Waals surface area contributed by atoms with Gasteiger partial charge in [0.05, 0.1) is 0 Å². The zero-order chi connectivity index (χ0) is 13.1. The molecule has 1 aliphatic heterocycles. The lowest BCUT2D eigenvalue weighted by Crippen LogP contribution is -2.29. The van der Waals surface area contributed by atoms with Gasteiger partial charge >= 0.3 is 0 Å². The Morgan fingerprint density at radius 3 is 2.61 bits per heavy atom. The summed E-state index contributed by atoms with van der Waals surface area (Å²) in [6.45, 7) is 7.58. The minimum absolute atomic E-state index is 0.0183. The minimum atomic E-state index is 0.0183. The van der Waals surface area contributed by atoms with Crippen LogP contribution in [0.2, 0.25) is 0 Å². The van der Waals surface area contributed by atoms with E-state index in [4.69, 9.17) is 0 Å². The van der Waals surface area contributed by atoms with E-state index in [1.165, 1.54) is 0 Å². The summed E-state index contributed by atoms with van der Waals surface area (Å²) in [6, 6.07) is 2.03. The lowest BCUT2D eigenvalue weighted by atomic mass is 10.3. The van der Waals surface area contributed by atoms with Crippen LogP contribution in [0.1, 0.15) is 43.0 Å². The van der Waals surface area contributed by atoms with Gasteiger partial charge in [0, 0.05) is 25.2 Å². The summed E-state index contributed by atoms with van der Waals surface area (Å²) in [6.07, 6.45) is 2.18. The Hall–Kier alpha value is -1.65. The van der Waals surface area contributed by atoms with Gasteiger partial charge in [0.25, 0.3) is 5.91 Å². The lowest BCUT2D eigenvalue weighted by molar-refractivity contribution is 0.0786. The number of rotatable bonds is 3. The fourth-order valence-electron chi connectivity index (χ4n) is 2.13. The Morgan fingerprint density at radius 1 is 1.33 bits per heavy atom. The van der Waals surface area contributed by atoms with Crippen molar-refractivity contribution < 1.29 is 4.79 Å². The molecule has 98 valence electrons. The molecule has 0 aromatic carbocycles. The Balaban J connectivity index is 2.21. The maximum Gasteiger partial charge on any atom is 0.272 e. The van der Waals surface area contributed by atoms with Crippen LogP contribution in [0.15, 0.2) is 6.07 Å². The highest BCUT2D eigenvalue weighted by Gasteiger charge is 2.21. The molecule has 2 heterocycles. The number of aromatic nitrogens is 2. The Kier molecular flexibility index (Phi) is 3.79. The number of anilines is 1. The summed E-state index contributed by atoms with van der Waals surface area (Å²) < 4.78 is 0. The van der Waals surface area contributed by atoms with Crippen LogP contribution in [0.4, 0.5) is 5.82 Å². The van der Waals surface area contributed by atoms with Gasteiger partial charge in [-0.15, -0.1) is 0 Å². The fourth-order valence-corrected chi connectivity index (χ4v) is 2.13. The van der Waals surface area contributed by atoms with Crippen LogP contribution in [0.5, 0.6) is 0 Å². The molecule has 1 N–H and O–H groups in total. The Bertz CT molecular complexity index is 439. The molecule has 0 radical (unpaired) electrons. The predicted octanol–water partition coefficient (Wildman–Crippen LogP) is 1.84. The molecule has 1 saturated heterocycles. The van der Waals surface area contributed by atoms with Gasteiger partial charge in [0.1, 0.15) is 17.3 Å². The van der Waals surface area contributed by atoms with Gasteiger partial charge in [0.2, 0.25) is 0 Å². The van der Waals surface area contributed by atoms with Crippen molar-refractivity contribution >= 4 is 11.7 Å². The van der Waals surface area contributed by atoms with Crippen LogP contribution in [0, 0.1) is 6.92 Å². The van der Waals surface area contributed by atoms with Crippen LogP contribution in [0.25, 0.3) is 0 Å². The molecule has 5 heteroatoms. The first kappa shape index (κ1) is 12.8. The quantitative estimate of drug-likeness (QED) is 0.886. The number of hydrogen-bond acceptors (Lipinski definition) is 4. The Labute approximate surface area is 108 Å². The number of aryl methyl sites for hydroxylation is 1. The molecule has 2 rings (SSSR count). The smallest absolute Gasteiger partial charge is 0.272 e. The highest BCUT2D eigenvalue weighted by atomic mass is 16.2. The largest absolute Gasteiger partial charge is 0.368 e. The monoisotopic (exact) mass is 248 g/mol. The fraction of sp³-hybridized carbons (Fsp3) is 0.615. The maximum atomic E-state index is 12.2. The average Bonchev–Trinajstić information content (AvgIpc) is 2.79. The van der Waals surface area contributed by atoms with Crippen molar-refractivity contribution in [2.45, 2.75) is 39.7 Å². The van der Waals surface area contributed by atoms with Crippen molar-refractivity contribution in [1.82, 2.24) is 14.9 Å². The highest BCUT2D eigenvalue weighted by Crippen LogP contribution is 2.14. The first-order valence-electron chi connectivity index (χ1n) is 6.48. The molecule has 1 aromatic rings. The van der Waals surface area contributed by atoms with E-state index in [1.54, 1.807) is 6.07 Å². The van der Waals surface area contributed by atoms with E-state index in [9.17, 15) is 4.79 Å². The number of hydrogen-bond donors (Lipinski definition) is 1. The van der Waals surface area contributed by atoms with E-state index in [-0.39, 0.29) is 11.9 Å². The average molecular weight is 248 g/mol. The van der Waals surface area contributed by atoms with Crippen molar-refractivity contribution in [2.24, 2.45) is 0 Å². The summed E-state index contributed by atoms with van der Waals surface area (Å²) in [4.78, 5) is 22.6. The van der Waals surface area contributed by atoms with E-state index in [0.717, 1.165) is 31.7 Å². The number of amides is 1. The first-order chi connectivity index (χ1) is 8.56. The second-order valence-electron chi connectivity index (χ2n) is 4.98. The van der Waals surface area contributed by atoms with Crippen LogP contribution in [-0.2, 0) is 0 Å². The molecule has 1 fully saturated rings. The molecular formula is C13H20N4O. The summed E-state index contributed by atoms with van der Waals surface area (Å²) in [7, 11) is 0. The molecule has 1 aliphatic rings. The van der Waals surface area contributed by atoms with Crippen LogP contribution < -0.4 is 5.32 Å². The number of carbonyl (C=O) groups excluding carboxylic acids is 1. The zero-order valence-corrected chi connectivity index (χ0v) is 11.2. The molecule has 0 bridgehead atoms. The predicted molar refractivity (Wildman–Crippen MR) is 70.7 cm³/mol.